The van der Waals surface area contributed by atoms with Crippen molar-refractivity contribution in [1.82, 2.24) is 24.3 Å². The van der Waals surface area contributed by atoms with Gasteiger partial charge in [0.25, 0.3) is 0 Å². The van der Waals surface area contributed by atoms with E-state index in [4.69, 9.17) is 0 Å². The summed E-state index contributed by atoms with van der Waals surface area (Å²) in [5, 5.41) is 37.3. The zero-order valence-corrected chi connectivity index (χ0v) is 18.6. The molecule has 1 atom stereocenters. The van der Waals surface area contributed by atoms with Gasteiger partial charge < -0.3 is 5.11 Å². The SMILES string of the molecule is N#Cc1ccccc1Sc1cc(-c2cnn(C3CCN(CCO)C3)c2)cn2ncc(C#N)c12. The standard InChI is InChI=1S/C24H21N7OS/c25-10-17-3-1-2-4-22(17)33-23-9-18(14-31-24(23)19(11-26)12-28-31)20-13-27-30(15-20)21-5-6-29(16-21)7-8-32/h1-4,9,12-15,21,32H,5-8,16H2. The second-order valence-electron chi connectivity index (χ2n) is 7.94. The number of aliphatic hydroxyl groups is 1. The zero-order chi connectivity index (χ0) is 22.8. The van der Waals surface area contributed by atoms with Crippen LogP contribution in [0.4, 0.5) is 0 Å². The van der Waals surface area contributed by atoms with Crippen LogP contribution >= 0.6 is 11.8 Å². The number of hydrogen-bond acceptors (Lipinski definition) is 7. The van der Waals surface area contributed by atoms with Crippen molar-refractivity contribution < 1.29 is 5.11 Å². The van der Waals surface area contributed by atoms with Gasteiger partial charge in [-0.1, -0.05) is 23.9 Å². The molecular weight excluding hydrogens is 434 g/mol. The smallest absolute Gasteiger partial charge is 0.103 e. The van der Waals surface area contributed by atoms with Crippen LogP contribution in [0.1, 0.15) is 23.6 Å². The summed E-state index contributed by atoms with van der Waals surface area (Å²) >= 11 is 1.46. The fraction of sp³-hybridized carbons (Fsp3) is 0.250. The molecule has 1 aliphatic heterocycles. The minimum Gasteiger partial charge on any atom is -0.395 e. The Labute approximate surface area is 195 Å². The summed E-state index contributed by atoms with van der Waals surface area (Å²) in [4.78, 5) is 3.92. The predicted octanol–water partition coefficient (Wildman–Crippen LogP) is 3.33. The molecule has 0 spiro atoms. The zero-order valence-electron chi connectivity index (χ0n) is 17.8. The largest absolute Gasteiger partial charge is 0.395 e. The quantitative estimate of drug-likeness (QED) is 0.475. The van der Waals surface area contributed by atoms with Gasteiger partial charge in [-0.15, -0.1) is 0 Å². The first-order chi connectivity index (χ1) is 16.2. The molecular formula is C24H21N7OS. The number of benzene rings is 1. The Morgan fingerprint density at radius 3 is 2.70 bits per heavy atom. The molecule has 0 radical (unpaired) electrons. The van der Waals surface area contributed by atoms with E-state index in [9.17, 15) is 15.6 Å². The molecule has 164 valence electrons. The van der Waals surface area contributed by atoms with Crippen LogP contribution in [0.2, 0.25) is 0 Å². The number of hydrogen-bond donors (Lipinski definition) is 1. The highest BCUT2D eigenvalue weighted by Gasteiger charge is 2.24. The second-order valence-corrected chi connectivity index (χ2v) is 9.03. The Balaban J connectivity index is 1.52. The number of rotatable bonds is 6. The Morgan fingerprint density at radius 1 is 1.03 bits per heavy atom. The topological polar surface area (TPSA) is 106 Å². The van der Waals surface area contributed by atoms with Crippen LogP contribution in [0, 0.1) is 22.7 Å². The highest BCUT2D eigenvalue weighted by atomic mass is 32.2. The Hall–Kier alpha value is -3.63. The number of β-amino-alcohol motifs (C(OH)–C–C–N with tert-alkyl or cyclic N) is 1. The van der Waals surface area contributed by atoms with Crippen LogP contribution in [0.15, 0.2) is 64.9 Å². The third-order valence-corrected chi connectivity index (χ3v) is 7.00. The summed E-state index contributed by atoms with van der Waals surface area (Å²) in [6, 6.07) is 14.2. The molecule has 4 aromatic rings. The van der Waals surface area contributed by atoms with Crippen molar-refractivity contribution >= 4 is 17.3 Å². The highest BCUT2D eigenvalue weighted by molar-refractivity contribution is 7.99. The number of aliphatic hydroxyl groups excluding tert-OH is 1. The van der Waals surface area contributed by atoms with E-state index >= 15 is 0 Å². The van der Waals surface area contributed by atoms with E-state index in [1.807, 2.05) is 47.5 Å². The lowest BCUT2D eigenvalue weighted by atomic mass is 10.1. The third kappa shape index (κ3) is 4.10. The van der Waals surface area contributed by atoms with Gasteiger partial charge >= 0.3 is 0 Å². The number of fused-ring (bicyclic) bond motifs is 1. The Morgan fingerprint density at radius 2 is 1.88 bits per heavy atom. The van der Waals surface area contributed by atoms with E-state index in [1.165, 1.54) is 11.8 Å². The molecule has 33 heavy (non-hydrogen) atoms. The van der Waals surface area contributed by atoms with E-state index in [1.54, 1.807) is 16.8 Å². The van der Waals surface area contributed by atoms with Gasteiger partial charge in [-0.25, -0.2) is 4.52 Å². The molecule has 1 N–H and O–H groups in total. The van der Waals surface area contributed by atoms with Gasteiger partial charge in [0.05, 0.1) is 41.7 Å². The van der Waals surface area contributed by atoms with Crippen molar-refractivity contribution in [2.75, 3.05) is 26.2 Å². The molecule has 5 rings (SSSR count). The lowest BCUT2D eigenvalue weighted by Crippen LogP contribution is -2.24. The minimum absolute atomic E-state index is 0.168. The average molecular weight is 456 g/mol. The summed E-state index contributed by atoms with van der Waals surface area (Å²) in [7, 11) is 0. The van der Waals surface area contributed by atoms with Crippen molar-refractivity contribution in [3.63, 3.8) is 0 Å². The first-order valence-electron chi connectivity index (χ1n) is 10.7. The number of aromatic nitrogens is 4. The van der Waals surface area contributed by atoms with E-state index < -0.39 is 0 Å². The van der Waals surface area contributed by atoms with E-state index in [0.29, 0.717) is 17.7 Å². The number of nitriles is 2. The summed E-state index contributed by atoms with van der Waals surface area (Å²) in [5.41, 5.74) is 3.70. The van der Waals surface area contributed by atoms with Crippen LogP contribution in [-0.4, -0.2) is 55.6 Å². The van der Waals surface area contributed by atoms with Crippen LogP contribution < -0.4 is 0 Å². The minimum atomic E-state index is 0.168. The van der Waals surface area contributed by atoms with Crippen LogP contribution in [0.5, 0.6) is 0 Å². The van der Waals surface area contributed by atoms with Gasteiger partial charge in [0.2, 0.25) is 0 Å². The number of likely N-dealkylation sites (tertiary alicyclic amines) is 1. The molecule has 1 fully saturated rings. The Kier molecular flexibility index (Phi) is 5.84. The first kappa shape index (κ1) is 21.2. The lowest BCUT2D eigenvalue weighted by Gasteiger charge is -2.14. The molecule has 0 saturated carbocycles. The highest BCUT2D eigenvalue weighted by Crippen LogP contribution is 2.37. The van der Waals surface area contributed by atoms with E-state index in [0.717, 1.165) is 45.9 Å². The van der Waals surface area contributed by atoms with Gasteiger partial charge in [-0.05, 0) is 24.6 Å². The predicted molar refractivity (Wildman–Crippen MR) is 124 cm³/mol. The van der Waals surface area contributed by atoms with Gasteiger partial charge in [-0.3, -0.25) is 9.58 Å². The van der Waals surface area contributed by atoms with E-state index in [-0.39, 0.29) is 12.6 Å². The molecule has 0 amide bonds. The van der Waals surface area contributed by atoms with Crippen molar-refractivity contribution in [2.45, 2.75) is 22.3 Å². The second kappa shape index (κ2) is 9.08. The number of nitrogens with zero attached hydrogens (tertiary/aromatic N) is 7. The van der Waals surface area contributed by atoms with Crippen LogP contribution in [0.25, 0.3) is 16.6 Å². The van der Waals surface area contributed by atoms with Crippen LogP contribution in [-0.2, 0) is 0 Å². The third-order valence-electron chi connectivity index (χ3n) is 5.90. The van der Waals surface area contributed by atoms with Gasteiger partial charge in [0.15, 0.2) is 0 Å². The van der Waals surface area contributed by atoms with Gasteiger partial charge in [-0.2, -0.15) is 20.7 Å². The fourth-order valence-electron chi connectivity index (χ4n) is 4.23. The van der Waals surface area contributed by atoms with Crippen molar-refractivity contribution in [1.29, 1.82) is 10.5 Å². The monoisotopic (exact) mass is 455 g/mol. The fourth-order valence-corrected chi connectivity index (χ4v) is 5.32. The molecule has 0 aliphatic carbocycles. The first-order valence-corrected chi connectivity index (χ1v) is 11.5. The molecule has 3 aromatic heterocycles. The van der Waals surface area contributed by atoms with Gasteiger partial charge in [0.1, 0.15) is 12.1 Å². The molecule has 1 unspecified atom stereocenters. The number of pyridine rings is 1. The van der Waals surface area contributed by atoms with Crippen molar-refractivity contribution in [3.8, 4) is 23.3 Å². The van der Waals surface area contributed by atoms with Crippen molar-refractivity contribution in [3.05, 3.63) is 66.2 Å². The maximum atomic E-state index is 9.59. The maximum Gasteiger partial charge on any atom is 0.103 e. The normalized spacial score (nSPS) is 16.2. The Bertz CT molecular complexity index is 1390. The molecule has 0 bridgehead atoms. The van der Waals surface area contributed by atoms with E-state index in [2.05, 4.69) is 27.2 Å². The summed E-state index contributed by atoms with van der Waals surface area (Å²) < 4.78 is 3.72. The maximum absolute atomic E-state index is 9.59. The molecule has 1 aromatic carbocycles. The van der Waals surface area contributed by atoms with Gasteiger partial charge in [0, 0.05) is 52.9 Å². The summed E-state index contributed by atoms with van der Waals surface area (Å²) in [6.07, 6.45) is 8.36. The molecule has 9 heteroatoms. The summed E-state index contributed by atoms with van der Waals surface area (Å²) in [6.45, 7) is 2.68. The summed E-state index contributed by atoms with van der Waals surface area (Å²) in [5.74, 6) is 0. The molecule has 4 heterocycles. The average Bonchev–Trinajstić information content (AvgIpc) is 3.59. The lowest BCUT2D eigenvalue weighted by molar-refractivity contribution is 0.216. The van der Waals surface area contributed by atoms with Crippen molar-refractivity contribution in [2.24, 2.45) is 0 Å². The molecule has 1 saturated heterocycles. The molecule has 1 aliphatic rings. The molecule has 8 nitrogen and oxygen atoms in total. The van der Waals surface area contributed by atoms with Crippen LogP contribution in [0.3, 0.4) is 0 Å².